The first-order valence-electron chi connectivity index (χ1n) is 8.49. The third-order valence-electron chi connectivity index (χ3n) is 4.49. The largest absolute Gasteiger partial charge is 0.488 e. The zero-order chi connectivity index (χ0) is 19.0. The van der Waals surface area contributed by atoms with E-state index < -0.39 is 0 Å². The minimum Gasteiger partial charge on any atom is -0.488 e. The zero-order valence-electron chi connectivity index (χ0n) is 14.9. The van der Waals surface area contributed by atoms with Crippen molar-refractivity contribution in [2.45, 2.75) is 20.5 Å². The molecule has 4 nitrogen and oxygen atoms in total. The number of benzene rings is 2. The molecule has 0 bridgehead atoms. The Labute approximate surface area is 169 Å². The Morgan fingerprint density at radius 2 is 1.85 bits per heavy atom. The van der Waals surface area contributed by atoms with Gasteiger partial charge in [0.15, 0.2) is 0 Å². The van der Waals surface area contributed by atoms with Crippen LogP contribution >= 0.6 is 27.3 Å². The highest BCUT2D eigenvalue weighted by molar-refractivity contribution is 9.10. The van der Waals surface area contributed by atoms with E-state index in [9.17, 15) is 4.79 Å². The lowest BCUT2D eigenvalue weighted by atomic mass is 10.1. The molecule has 27 heavy (non-hydrogen) atoms. The second kappa shape index (κ2) is 7.29. The number of hydrogen-bond acceptors (Lipinski definition) is 4. The van der Waals surface area contributed by atoms with Crippen molar-refractivity contribution in [1.82, 2.24) is 9.97 Å². The molecule has 4 aromatic rings. The molecule has 0 atom stereocenters. The van der Waals surface area contributed by atoms with E-state index in [-0.39, 0.29) is 5.56 Å². The lowest BCUT2D eigenvalue weighted by molar-refractivity contribution is 0.307. The van der Waals surface area contributed by atoms with Gasteiger partial charge in [-0.05, 0) is 49.2 Å². The van der Waals surface area contributed by atoms with Gasteiger partial charge >= 0.3 is 0 Å². The average Bonchev–Trinajstić information content (AvgIpc) is 2.96. The van der Waals surface area contributed by atoms with E-state index in [1.54, 1.807) is 11.3 Å². The van der Waals surface area contributed by atoms with E-state index in [4.69, 9.17) is 9.72 Å². The Kier molecular flexibility index (Phi) is 4.85. The lowest BCUT2D eigenvalue weighted by Crippen LogP contribution is -2.09. The summed E-state index contributed by atoms with van der Waals surface area (Å²) in [5.41, 5.74) is 2.72. The van der Waals surface area contributed by atoms with Crippen molar-refractivity contribution >= 4 is 37.5 Å². The van der Waals surface area contributed by atoms with Crippen molar-refractivity contribution in [3.63, 3.8) is 0 Å². The fraction of sp³-hybridized carbons (Fsp3) is 0.143. The molecule has 0 radical (unpaired) electrons. The number of aryl methyl sites for hydroxylation is 2. The van der Waals surface area contributed by atoms with E-state index in [0.717, 1.165) is 30.9 Å². The first-order valence-corrected chi connectivity index (χ1v) is 10.1. The number of nitrogens with zero attached hydrogens (tertiary/aromatic N) is 1. The van der Waals surface area contributed by atoms with E-state index in [1.165, 1.54) is 0 Å². The van der Waals surface area contributed by atoms with Crippen LogP contribution in [-0.4, -0.2) is 9.97 Å². The van der Waals surface area contributed by atoms with Crippen LogP contribution in [0.2, 0.25) is 0 Å². The smallest absolute Gasteiger partial charge is 0.260 e. The van der Waals surface area contributed by atoms with Gasteiger partial charge in [-0.25, -0.2) is 4.98 Å². The van der Waals surface area contributed by atoms with Crippen molar-refractivity contribution < 1.29 is 4.74 Å². The molecular formula is C21H17BrN2O2S. The number of thiophene rings is 1. The Morgan fingerprint density at radius 1 is 1.11 bits per heavy atom. The van der Waals surface area contributed by atoms with Gasteiger partial charge in [0.1, 0.15) is 23.0 Å². The third kappa shape index (κ3) is 3.55. The monoisotopic (exact) mass is 440 g/mol. The predicted octanol–water partition coefficient (Wildman–Crippen LogP) is 5.61. The molecule has 0 aliphatic heterocycles. The van der Waals surface area contributed by atoms with Crippen molar-refractivity contribution in [3.05, 3.63) is 79.4 Å². The van der Waals surface area contributed by atoms with Crippen LogP contribution in [0.1, 0.15) is 16.0 Å². The van der Waals surface area contributed by atoms with Gasteiger partial charge in [-0.1, -0.05) is 40.2 Å². The number of H-pyrrole nitrogens is 1. The third-order valence-corrected chi connectivity index (χ3v) is 6.12. The van der Waals surface area contributed by atoms with Crippen LogP contribution < -0.4 is 10.3 Å². The summed E-state index contributed by atoms with van der Waals surface area (Å²) in [5, 5.41) is 0.675. The lowest BCUT2D eigenvalue weighted by Gasteiger charge is -2.11. The summed E-state index contributed by atoms with van der Waals surface area (Å²) in [6.07, 6.45) is 0. The average molecular weight is 441 g/mol. The van der Waals surface area contributed by atoms with Crippen LogP contribution in [0.5, 0.6) is 5.75 Å². The highest BCUT2D eigenvalue weighted by atomic mass is 79.9. The summed E-state index contributed by atoms with van der Waals surface area (Å²) in [7, 11) is 0. The first-order chi connectivity index (χ1) is 13.0. The molecule has 2 aromatic carbocycles. The van der Waals surface area contributed by atoms with Crippen LogP contribution in [-0.2, 0) is 6.61 Å². The van der Waals surface area contributed by atoms with E-state index in [2.05, 4.69) is 20.9 Å². The second-order valence-electron chi connectivity index (χ2n) is 6.29. The number of aromatic amines is 1. The van der Waals surface area contributed by atoms with Crippen molar-refractivity contribution in [2.75, 3.05) is 0 Å². The number of hydrogen-bond donors (Lipinski definition) is 1. The van der Waals surface area contributed by atoms with Gasteiger partial charge in [-0.15, -0.1) is 11.3 Å². The summed E-state index contributed by atoms with van der Waals surface area (Å²) in [5.74, 6) is 1.22. The van der Waals surface area contributed by atoms with E-state index in [1.807, 2.05) is 62.4 Å². The molecule has 4 rings (SSSR count). The van der Waals surface area contributed by atoms with Gasteiger partial charge in [-0.2, -0.15) is 0 Å². The number of para-hydroxylation sites is 1. The van der Waals surface area contributed by atoms with Crippen molar-refractivity contribution in [2.24, 2.45) is 0 Å². The van der Waals surface area contributed by atoms with Crippen molar-refractivity contribution in [3.8, 4) is 17.1 Å². The molecule has 1 N–H and O–H groups in total. The Bertz CT molecular complexity index is 1180. The maximum Gasteiger partial charge on any atom is 0.260 e. The maximum atomic E-state index is 12.6. The number of rotatable bonds is 4. The highest BCUT2D eigenvalue weighted by Gasteiger charge is 2.15. The van der Waals surface area contributed by atoms with Crippen LogP contribution in [0.25, 0.3) is 21.6 Å². The first kappa shape index (κ1) is 17.9. The number of aromatic nitrogens is 2. The van der Waals surface area contributed by atoms with Gasteiger partial charge in [0.05, 0.1) is 10.9 Å². The Morgan fingerprint density at radius 3 is 2.63 bits per heavy atom. The van der Waals surface area contributed by atoms with Crippen molar-refractivity contribution in [1.29, 1.82) is 0 Å². The van der Waals surface area contributed by atoms with Crippen LogP contribution in [0.3, 0.4) is 0 Å². The molecule has 0 saturated heterocycles. The number of fused-ring (bicyclic) bond motifs is 1. The van der Waals surface area contributed by atoms with E-state index in [0.29, 0.717) is 23.6 Å². The molecule has 2 aromatic heterocycles. The highest BCUT2D eigenvalue weighted by Crippen LogP contribution is 2.31. The molecule has 0 saturated carbocycles. The molecular weight excluding hydrogens is 424 g/mol. The second-order valence-corrected chi connectivity index (χ2v) is 8.41. The SMILES string of the molecule is Cc1sc2nc(-c3ccccc3OCc3ccc(Br)cc3)[nH]c(=O)c2c1C. The van der Waals surface area contributed by atoms with Crippen LogP contribution in [0, 0.1) is 13.8 Å². The quantitative estimate of drug-likeness (QED) is 0.448. The molecule has 0 aliphatic rings. The number of nitrogens with one attached hydrogen (secondary N) is 1. The molecule has 0 spiro atoms. The molecule has 136 valence electrons. The summed E-state index contributed by atoms with van der Waals surface area (Å²) in [6.45, 7) is 4.41. The number of ether oxygens (including phenoxy) is 1. The van der Waals surface area contributed by atoms with Crippen LogP contribution in [0.4, 0.5) is 0 Å². The zero-order valence-corrected chi connectivity index (χ0v) is 17.3. The maximum absolute atomic E-state index is 12.6. The molecule has 0 fully saturated rings. The Hall–Kier alpha value is -2.44. The minimum absolute atomic E-state index is 0.112. The fourth-order valence-corrected chi connectivity index (χ4v) is 4.21. The summed E-state index contributed by atoms with van der Waals surface area (Å²) >= 11 is 4.98. The fourth-order valence-electron chi connectivity index (χ4n) is 2.91. The van der Waals surface area contributed by atoms with Gasteiger partial charge in [0.25, 0.3) is 5.56 Å². The van der Waals surface area contributed by atoms with Crippen LogP contribution in [0.15, 0.2) is 57.8 Å². The van der Waals surface area contributed by atoms with E-state index >= 15 is 0 Å². The molecule has 2 heterocycles. The molecule has 0 aliphatic carbocycles. The summed E-state index contributed by atoms with van der Waals surface area (Å²) in [4.78, 5) is 22.1. The summed E-state index contributed by atoms with van der Waals surface area (Å²) < 4.78 is 7.06. The van der Waals surface area contributed by atoms with Gasteiger partial charge < -0.3 is 9.72 Å². The minimum atomic E-state index is -0.112. The normalized spacial score (nSPS) is 11.1. The topological polar surface area (TPSA) is 55.0 Å². The Balaban J connectivity index is 1.71. The van der Waals surface area contributed by atoms with Gasteiger partial charge in [0, 0.05) is 9.35 Å². The predicted molar refractivity (Wildman–Crippen MR) is 114 cm³/mol. The van der Waals surface area contributed by atoms with Gasteiger partial charge in [0.2, 0.25) is 0 Å². The standard InChI is InChI=1S/C21H17BrN2O2S/c1-12-13(2)27-21-18(12)20(25)23-19(24-21)16-5-3-4-6-17(16)26-11-14-7-9-15(22)10-8-14/h3-10H,11H2,1-2H3,(H,23,24,25). The number of halogens is 1. The molecule has 0 amide bonds. The van der Waals surface area contributed by atoms with Gasteiger partial charge in [-0.3, -0.25) is 4.79 Å². The molecule has 0 unspecified atom stereocenters. The molecule has 6 heteroatoms. The summed E-state index contributed by atoms with van der Waals surface area (Å²) in [6, 6.07) is 15.6.